The van der Waals surface area contributed by atoms with Gasteiger partial charge in [0, 0.05) is 41.3 Å². The zero-order chi connectivity index (χ0) is 28.2. The molecule has 0 bridgehead atoms. The predicted molar refractivity (Wildman–Crippen MR) is 157 cm³/mol. The number of ether oxygens (including phenoxy) is 2. The van der Waals surface area contributed by atoms with Gasteiger partial charge in [0.1, 0.15) is 6.54 Å². The van der Waals surface area contributed by atoms with Gasteiger partial charge in [0.05, 0.1) is 24.8 Å². The van der Waals surface area contributed by atoms with Gasteiger partial charge in [-0.1, -0.05) is 47.5 Å². The molecule has 40 heavy (non-hydrogen) atoms. The summed E-state index contributed by atoms with van der Waals surface area (Å²) >= 11 is 12.4. The van der Waals surface area contributed by atoms with Gasteiger partial charge in [-0.3, -0.25) is 9.59 Å². The maximum atomic E-state index is 13.9. The lowest BCUT2D eigenvalue weighted by atomic mass is 10.1. The molecule has 1 N–H and O–H groups in total. The number of rotatable bonds is 11. The number of carbonyl (C=O) groups excluding carboxylic acids is 2. The van der Waals surface area contributed by atoms with E-state index in [0.29, 0.717) is 41.6 Å². The minimum atomic E-state index is -0.264. The molecule has 0 radical (unpaired) electrons. The molecule has 1 aliphatic rings. The van der Waals surface area contributed by atoms with Crippen LogP contribution in [0, 0.1) is 0 Å². The van der Waals surface area contributed by atoms with E-state index in [1.165, 1.54) is 0 Å². The molecule has 0 saturated heterocycles. The Morgan fingerprint density at radius 3 is 2.48 bits per heavy atom. The molecular formula is C31H31Cl2N3O4. The second-order valence-corrected chi connectivity index (χ2v) is 10.7. The van der Waals surface area contributed by atoms with Crippen molar-refractivity contribution in [1.29, 1.82) is 0 Å². The van der Waals surface area contributed by atoms with Gasteiger partial charge in [-0.2, -0.15) is 0 Å². The van der Waals surface area contributed by atoms with Crippen molar-refractivity contribution in [1.82, 2.24) is 14.8 Å². The van der Waals surface area contributed by atoms with Crippen molar-refractivity contribution in [3.8, 4) is 11.5 Å². The minimum Gasteiger partial charge on any atom is -0.493 e. The number of hydrogen-bond donors (Lipinski definition) is 1. The van der Waals surface area contributed by atoms with Crippen molar-refractivity contribution in [2.45, 2.75) is 31.8 Å². The van der Waals surface area contributed by atoms with Gasteiger partial charge in [-0.15, -0.1) is 0 Å². The van der Waals surface area contributed by atoms with Gasteiger partial charge in [0.25, 0.3) is 5.91 Å². The molecule has 1 aromatic heterocycles. The number of nitrogens with zero attached hydrogens (tertiary/aromatic N) is 2. The third kappa shape index (κ3) is 6.21. The number of aromatic nitrogens is 1. The zero-order valence-electron chi connectivity index (χ0n) is 22.5. The molecule has 1 aliphatic carbocycles. The number of nitrogens with one attached hydrogen (secondary N) is 1. The summed E-state index contributed by atoms with van der Waals surface area (Å²) in [6.07, 6.45) is 4.36. The number of halogens is 2. The lowest BCUT2D eigenvalue weighted by Crippen LogP contribution is -2.44. The maximum Gasteiger partial charge on any atom is 0.256 e. The second-order valence-electron chi connectivity index (χ2n) is 9.90. The Hall–Kier alpha value is -3.68. The van der Waals surface area contributed by atoms with E-state index in [-0.39, 0.29) is 29.4 Å². The quantitative estimate of drug-likeness (QED) is 0.224. The summed E-state index contributed by atoms with van der Waals surface area (Å²) in [4.78, 5) is 34.1. The van der Waals surface area contributed by atoms with E-state index >= 15 is 0 Å². The Morgan fingerprint density at radius 1 is 0.975 bits per heavy atom. The fourth-order valence-electron chi connectivity index (χ4n) is 4.90. The molecule has 0 aliphatic heterocycles. The van der Waals surface area contributed by atoms with Gasteiger partial charge in [-0.25, -0.2) is 0 Å². The van der Waals surface area contributed by atoms with Crippen LogP contribution in [-0.4, -0.2) is 59.9 Å². The van der Waals surface area contributed by atoms with Crippen LogP contribution in [-0.2, 0) is 17.8 Å². The molecule has 0 unspecified atom stereocenters. The highest BCUT2D eigenvalue weighted by Crippen LogP contribution is 2.32. The number of benzene rings is 3. The van der Waals surface area contributed by atoms with Crippen LogP contribution in [0.25, 0.3) is 10.9 Å². The van der Waals surface area contributed by atoms with Gasteiger partial charge in [0.2, 0.25) is 5.91 Å². The number of H-pyrrole nitrogens is 1. The molecule has 0 spiro atoms. The van der Waals surface area contributed by atoms with E-state index in [1.807, 2.05) is 42.6 Å². The van der Waals surface area contributed by atoms with Crippen LogP contribution in [0.1, 0.15) is 34.3 Å². The molecule has 1 fully saturated rings. The SMILES string of the molecule is COc1ccc(CN(CCc2c[nH]c3ccccc23)C(=O)CN(C(=O)c2ccc(Cl)cc2Cl)C2CC2)cc1OC. The molecule has 0 atom stereocenters. The maximum absolute atomic E-state index is 13.9. The van der Waals surface area contributed by atoms with Crippen molar-refractivity contribution in [3.63, 3.8) is 0 Å². The molecule has 4 aromatic rings. The first-order chi connectivity index (χ1) is 19.4. The Kier molecular flexibility index (Phi) is 8.52. The van der Waals surface area contributed by atoms with Gasteiger partial charge in [-0.05, 0) is 66.8 Å². The monoisotopic (exact) mass is 579 g/mol. The van der Waals surface area contributed by atoms with E-state index in [2.05, 4.69) is 11.1 Å². The van der Waals surface area contributed by atoms with E-state index in [1.54, 1.807) is 42.2 Å². The zero-order valence-corrected chi connectivity index (χ0v) is 24.0. The first-order valence-corrected chi connectivity index (χ1v) is 13.9. The van der Waals surface area contributed by atoms with Crippen molar-refractivity contribution >= 4 is 45.9 Å². The molecule has 1 saturated carbocycles. The van der Waals surface area contributed by atoms with Crippen molar-refractivity contribution in [2.75, 3.05) is 27.3 Å². The van der Waals surface area contributed by atoms with E-state index < -0.39 is 0 Å². The van der Waals surface area contributed by atoms with Crippen LogP contribution in [0.15, 0.2) is 66.9 Å². The topological polar surface area (TPSA) is 74.9 Å². The number of hydrogen-bond acceptors (Lipinski definition) is 4. The third-order valence-electron chi connectivity index (χ3n) is 7.22. The van der Waals surface area contributed by atoms with Crippen molar-refractivity contribution in [2.24, 2.45) is 0 Å². The normalized spacial score (nSPS) is 12.8. The van der Waals surface area contributed by atoms with E-state index in [4.69, 9.17) is 32.7 Å². The Labute approximate surface area is 243 Å². The largest absolute Gasteiger partial charge is 0.493 e. The van der Waals surface area contributed by atoms with Crippen LogP contribution >= 0.6 is 23.2 Å². The molecular weight excluding hydrogens is 549 g/mol. The van der Waals surface area contributed by atoms with Crippen LogP contribution in [0.2, 0.25) is 10.0 Å². The van der Waals surface area contributed by atoms with E-state index in [0.717, 1.165) is 34.9 Å². The molecule has 7 nitrogen and oxygen atoms in total. The number of methoxy groups -OCH3 is 2. The lowest BCUT2D eigenvalue weighted by Gasteiger charge is -2.28. The van der Waals surface area contributed by atoms with Gasteiger partial charge >= 0.3 is 0 Å². The van der Waals surface area contributed by atoms with Gasteiger partial charge < -0.3 is 24.3 Å². The molecule has 3 aromatic carbocycles. The number of aromatic amines is 1. The predicted octanol–water partition coefficient (Wildman–Crippen LogP) is 6.37. The molecule has 9 heteroatoms. The summed E-state index contributed by atoms with van der Waals surface area (Å²) in [6, 6.07) is 18.6. The summed E-state index contributed by atoms with van der Waals surface area (Å²) in [6.45, 7) is 0.795. The summed E-state index contributed by atoms with van der Waals surface area (Å²) < 4.78 is 10.9. The fourth-order valence-corrected chi connectivity index (χ4v) is 5.39. The highest BCUT2D eigenvalue weighted by molar-refractivity contribution is 6.36. The lowest BCUT2D eigenvalue weighted by molar-refractivity contribution is -0.132. The Morgan fingerprint density at radius 2 is 1.75 bits per heavy atom. The average Bonchev–Trinajstić information content (AvgIpc) is 3.72. The summed E-state index contributed by atoms with van der Waals surface area (Å²) in [5, 5.41) is 1.86. The van der Waals surface area contributed by atoms with Crippen LogP contribution < -0.4 is 9.47 Å². The molecule has 2 amide bonds. The smallest absolute Gasteiger partial charge is 0.256 e. The Balaban J connectivity index is 1.39. The second kappa shape index (κ2) is 12.2. The summed E-state index contributed by atoms with van der Waals surface area (Å²) in [7, 11) is 3.17. The molecule has 208 valence electrons. The highest BCUT2D eigenvalue weighted by atomic mass is 35.5. The number of carbonyl (C=O) groups is 2. The first-order valence-electron chi connectivity index (χ1n) is 13.2. The van der Waals surface area contributed by atoms with Crippen LogP contribution in [0.4, 0.5) is 0 Å². The first kappa shape index (κ1) is 27.9. The van der Waals surface area contributed by atoms with E-state index in [9.17, 15) is 9.59 Å². The Bertz CT molecular complexity index is 1530. The molecule has 5 rings (SSSR count). The fraction of sp³-hybridized carbons (Fsp3) is 0.290. The van der Waals surface area contributed by atoms with Crippen LogP contribution in [0.5, 0.6) is 11.5 Å². The summed E-state index contributed by atoms with van der Waals surface area (Å²) in [5.41, 5.74) is 3.43. The average molecular weight is 581 g/mol. The summed E-state index contributed by atoms with van der Waals surface area (Å²) in [5.74, 6) is 0.810. The van der Waals surface area contributed by atoms with Crippen LogP contribution in [0.3, 0.4) is 0 Å². The standard InChI is InChI=1S/C31H31Cl2N3O4/c1-39-28-12-7-20(15-29(28)40-2)18-35(14-13-21-17-34-27-6-4-3-5-24(21)27)30(37)19-36(23-9-10-23)31(38)25-11-8-22(32)16-26(25)33/h3-8,11-12,15-17,23,34H,9-10,13-14,18-19H2,1-2H3. The molecule has 1 heterocycles. The number of para-hydroxylation sites is 1. The number of amides is 2. The van der Waals surface area contributed by atoms with Crippen molar-refractivity contribution < 1.29 is 19.1 Å². The number of fused-ring (bicyclic) bond motifs is 1. The minimum absolute atomic E-state index is 0.0137. The third-order valence-corrected chi connectivity index (χ3v) is 7.76. The van der Waals surface area contributed by atoms with Crippen molar-refractivity contribution in [3.05, 3.63) is 93.6 Å². The van der Waals surface area contributed by atoms with Gasteiger partial charge in [0.15, 0.2) is 11.5 Å². The highest BCUT2D eigenvalue weighted by Gasteiger charge is 2.36.